The van der Waals surface area contributed by atoms with Crippen LogP contribution < -0.4 is 0 Å². The minimum Gasteiger partial charge on any atom is -0.465 e. The number of carboxylic acid groups (broad SMARTS) is 1. The largest absolute Gasteiger partial charge is 0.465 e. The molecule has 106 valence electrons. The molecular weight excluding hydrogens is 234 g/mol. The van der Waals surface area contributed by atoms with E-state index < -0.39 is 6.09 Å². The molecule has 5 heteroatoms. The number of likely N-dealkylation sites (tertiary alicyclic amines) is 1. The normalized spacial score (nSPS) is 20.7. The zero-order valence-electron chi connectivity index (χ0n) is 11.4. The summed E-state index contributed by atoms with van der Waals surface area (Å²) < 4.78 is 5.88. The van der Waals surface area contributed by atoms with Crippen LogP contribution in [0.5, 0.6) is 0 Å². The fraction of sp³-hybridized carbons (Fsp3) is 0.923. The Kier molecular flexibility index (Phi) is 5.88. The standard InChI is InChI=1S/C13H25NO4/c1-11(15)5-3-4-10-18-13(2)6-8-14(9-7-13)12(16)17/h11,15H,3-10H2,1-2H3,(H,16,17). The predicted molar refractivity (Wildman–Crippen MR) is 68.7 cm³/mol. The summed E-state index contributed by atoms with van der Waals surface area (Å²) in [7, 11) is 0. The summed E-state index contributed by atoms with van der Waals surface area (Å²) >= 11 is 0. The molecule has 1 rings (SSSR count). The van der Waals surface area contributed by atoms with E-state index in [-0.39, 0.29) is 11.7 Å². The first-order valence-corrected chi connectivity index (χ1v) is 6.73. The van der Waals surface area contributed by atoms with Gasteiger partial charge in [-0.15, -0.1) is 0 Å². The van der Waals surface area contributed by atoms with Crippen molar-refractivity contribution in [2.24, 2.45) is 0 Å². The van der Waals surface area contributed by atoms with E-state index in [2.05, 4.69) is 6.92 Å². The molecule has 0 spiro atoms. The maximum atomic E-state index is 10.8. The fourth-order valence-corrected chi connectivity index (χ4v) is 2.18. The van der Waals surface area contributed by atoms with Crippen LogP contribution in [-0.2, 0) is 4.74 Å². The van der Waals surface area contributed by atoms with Crippen LogP contribution in [0.15, 0.2) is 0 Å². The monoisotopic (exact) mass is 259 g/mol. The third kappa shape index (κ3) is 5.23. The minimum absolute atomic E-state index is 0.184. The maximum absolute atomic E-state index is 10.8. The van der Waals surface area contributed by atoms with Gasteiger partial charge >= 0.3 is 6.09 Å². The average molecular weight is 259 g/mol. The van der Waals surface area contributed by atoms with Gasteiger partial charge in [0.25, 0.3) is 0 Å². The average Bonchev–Trinajstić information content (AvgIpc) is 2.28. The summed E-state index contributed by atoms with van der Waals surface area (Å²) in [5.41, 5.74) is -0.184. The van der Waals surface area contributed by atoms with E-state index in [1.807, 2.05) is 0 Å². The maximum Gasteiger partial charge on any atom is 0.407 e. The molecule has 0 radical (unpaired) electrons. The van der Waals surface area contributed by atoms with Gasteiger partial charge in [0.1, 0.15) is 0 Å². The molecule has 1 atom stereocenters. The molecule has 0 aromatic carbocycles. The van der Waals surface area contributed by atoms with Crippen molar-refractivity contribution in [1.82, 2.24) is 4.90 Å². The van der Waals surface area contributed by atoms with Crippen LogP contribution in [0, 0.1) is 0 Å². The van der Waals surface area contributed by atoms with Crippen molar-refractivity contribution in [2.45, 2.75) is 57.7 Å². The second kappa shape index (κ2) is 6.95. The predicted octanol–water partition coefficient (Wildman–Crippen LogP) is 2.09. The lowest BCUT2D eigenvalue weighted by Gasteiger charge is -2.38. The Morgan fingerprint density at radius 2 is 2.00 bits per heavy atom. The minimum atomic E-state index is -0.839. The summed E-state index contributed by atoms with van der Waals surface area (Å²) in [5, 5.41) is 18.0. The van der Waals surface area contributed by atoms with E-state index in [1.54, 1.807) is 6.92 Å². The van der Waals surface area contributed by atoms with Crippen molar-refractivity contribution in [3.05, 3.63) is 0 Å². The molecule has 1 amide bonds. The highest BCUT2D eigenvalue weighted by molar-refractivity contribution is 5.65. The van der Waals surface area contributed by atoms with Crippen molar-refractivity contribution in [3.8, 4) is 0 Å². The summed E-state index contributed by atoms with van der Waals surface area (Å²) in [6, 6.07) is 0. The Labute approximate surface area is 109 Å². The Hall–Kier alpha value is -0.810. The van der Waals surface area contributed by atoms with Crippen LogP contribution in [0.25, 0.3) is 0 Å². The van der Waals surface area contributed by atoms with Crippen LogP contribution >= 0.6 is 0 Å². The number of ether oxygens (including phenoxy) is 1. The van der Waals surface area contributed by atoms with Crippen LogP contribution in [0.1, 0.15) is 46.0 Å². The molecule has 2 N–H and O–H groups in total. The number of nitrogens with zero attached hydrogens (tertiary/aromatic N) is 1. The highest BCUT2D eigenvalue weighted by Crippen LogP contribution is 2.26. The number of aliphatic hydroxyl groups excluding tert-OH is 1. The SMILES string of the molecule is CC(O)CCCCOC1(C)CCN(C(=O)O)CC1. The van der Waals surface area contributed by atoms with E-state index in [0.717, 1.165) is 32.1 Å². The first-order chi connectivity index (χ1) is 8.43. The van der Waals surface area contributed by atoms with Gasteiger partial charge in [-0.1, -0.05) is 0 Å². The van der Waals surface area contributed by atoms with Crippen molar-refractivity contribution < 1.29 is 19.7 Å². The van der Waals surface area contributed by atoms with E-state index in [9.17, 15) is 4.79 Å². The molecular formula is C13H25NO4. The zero-order valence-corrected chi connectivity index (χ0v) is 11.4. The zero-order chi connectivity index (χ0) is 13.6. The summed E-state index contributed by atoms with van der Waals surface area (Å²) in [6.45, 7) is 5.65. The molecule has 5 nitrogen and oxygen atoms in total. The van der Waals surface area contributed by atoms with Gasteiger partial charge in [0.15, 0.2) is 0 Å². The molecule has 0 bridgehead atoms. The number of piperidine rings is 1. The number of hydrogen-bond donors (Lipinski definition) is 2. The van der Waals surface area contributed by atoms with Crippen LogP contribution in [0.4, 0.5) is 4.79 Å². The van der Waals surface area contributed by atoms with Crippen LogP contribution in [-0.4, -0.2) is 52.6 Å². The van der Waals surface area contributed by atoms with Crippen molar-refractivity contribution in [3.63, 3.8) is 0 Å². The highest BCUT2D eigenvalue weighted by Gasteiger charge is 2.32. The fourth-order valence-electron chi connectivity index (χ4n) is 2.18. The Morgan fingerprint density at radius 3 is 2.50 bits per heavy atom. The van der Waals surface area contributed by atoms with Gasteiger partial charge in [0, 0.05) is 19.7 Å². The van der Waals surface area contributed by atoms with Gasteiger partial charge in [-0.05, 0) is 46.0 Å². The van der Waals surface area contributed by atoms with Crippen molar-refractivity contribution >= 4 is 6.09 Å². The second-order valence-electron chi connectivity index (χ2n) is 5.41. The molecule has 1 heterocycles. The first-order valence-electron chi connectivity index (χ1n) is 6.73. The smallest absolute Gasteiger partial charge is 0.407 e. The molecule has 0 aromatic rings. The molecule has 1 unspecified atom stereocenters. The van der Waals surface area contributed by atoms with Gasteiger partial charge in [0.05, 0.1) is 11.7 Å². The van der Waals surface area contributed by atoms with Crippen LogP contribution in [0.3, 0.4) is 0 Å². The lowest BCUT2D eigenvalue weighted by molar-refractivity contribution is -0.0687. The summed E-state index contributed by atoms with van der Waals surface area (Å²) in [6.07, 6.45) is 3.17. The molecule has 0 aliphatic carbocycles. The van der Waals surface area contributed by atoms with Crippen molar-refractivity contribution in [2.75, 3.05) is 19.7 Å². The topological polar surface area (TPSA) is 70.0 Å². The summed E-state index contributed by atoms with van der Waals surface area (Å²) in [5.74, 6) is 0. The van der Waals surface area contributed by atoms with Crippen molar-refractivity contribution in [1.29, 1.82) is 0 Å². The quantitative estimate of drug-likeness (QED) is 0.717. The molecule has 1 saturated heterocycles. The lowest BCUT2D eigenvalue weighted by atomic mass is 9.93. The Bertz CT molecular complexity index is 260. The number of aliphatic hydroxyl groups is 1. The Morgan fingerprint density at radius 1 is 1.39 bits per heavy atom. The van der Waals surface area contributed by atoms with E-state index >= 15 is 0 Å². The second-order valence-corrected chi connectivity index (χ2v) is 5.41. The number of carbonyl (C=O) groups is 1. The molecule has 1 aliphatic heterocycles. The molecule has 0 saturated carbocycles. The van der Waals surface area contributed by atoms with Gasteiger partial charge in [-0.3, -0.25) is 0 Å². The first kappa shape index (κ1) is 15.2. The van der Waals surface area contributed by atoms with E-state index in [0.29, 0.717) is 19.7 Å². The highest BCUT2D eigenvalue weighted by atomic mass is 16.5. The number of hydrogen-bond acceptors (Lipinski definition) is 3. The molecule has 18 heavy (non-hydrogen) atoms. The summed E-state index contributed by atoms with van der Waals surface area (Å²) in [4.78, 5) is 12.2. The number of amides is 1. The third-order valence-electron chi connectivity index (χ3n) is 3.56. The van der Waals surface area contributed by atoms with E-state index in [4.69, 9.17) is 14.9 Å². The van der Waals surface area contributed by atoms with Crippen LogP contribution in [0.2, 0.25) is 0 Å². The van der Waals surface area contributed by atoms with Gasteiger partial charge in [0.2, 0.25) is 0 Å². The van der Waals surface area contributed by atoms with Gasteiger partial charge in [-0.2, -0.15) is 0 Å². The van der Waals surface area contributed by atoms with Gasteiger partial charge in [-0.25, -0.2) is 4.79 Å². The molecule has 1 aliphatic rings. The molecule has 0 aromatic heterocycles. The number of rotatable bonds is 6. The lowest BCUT2D eigenvalue weighted by Crippen LogP contribution is -2.46. The third-order valence-corrected chi connectivity index (χ3v) is 3.56. The van der Waals surface area contributed by atoms with E-state index in [1.165, 1.54) is 4.90 Å². The Balaban J connectivity index is 2.16. The molecule has 1 fully saturated rings. The van der Waals surface area contributed by atoms with Gasteiger partial charge < -0.3 is 19.8 Å². The number of unbranched alkanes of at least 4 members (excludes halogenated alkanes) is 1.